The summed E-state index contributed by atoms with van der Waals surface area (Å²) in [5.74, 6) is 4.64. The fourth-order valence-corrected chi connectivity index (χ4v) is 14.0. The minimum atomic E-state index is -0.870. The number of hydrogen-bond acceptors (Lipinski definition) is 8. The summed E-state index contributed by atoms with van der Waals surface area (Å²) in [6, 6.07) is 37.1. The minimum Gasteiger partial charge on any atom is -0.374 e. The number of ether oxygens (including phenoxy) is 6. The molecule has 9 rings (SSSR count). The van der Waals surface area contributed by atoms with Crippen LogP contribution in [0, 0.1) is 56.5 Å². The van der Waals surface area contributed by atoms with E-state index in [1.165, 1.54) is 51.0 Å². The first-order valence-electron chi connectivity index (χ1n) is 26.8. The highest BCUT2D eigenvalue weighted by atomic mass is 16.7. The molecule has 0 N–H and O–H groups in total. The lowest BCUT2D eigenvalue weighted by Gasteiger charge is -2.58. The van der Waals surface area contributed by atoms with E-state index in [-0.39, 0.29) is 35.3 Å². The molecule has 1 heterocycles. The van der Waals surface area contributed by atoms with E-state index in [1.54, 1.807) is 23.8 Å². The van der Waals surface area contributed by atoms with Crippen LogP contribution in [0.4, 0.5) is 5.69 Å². The SMILES string of the molecule is CC(C)CCC[C@@H](C)[C@H]1CC[C@H]2[C@@H]3CC=C4C[C@@H](O[C@@H]5O[C@H](COCc6ccccc6)[C@@H](OCc6ccccc6)[C@H](OCc6ccccc6)[C@H]5OCc5ccccc5[N+](=O)[O-])CC[C@]4(C)[C@H]3CC[C@]12C. The molecule has 0 radical (unpaired) electrons. The number of nitrogens with zero attached hydrogens (tertiary/aromatic N) is 1. The first kappa shape index (κ1) is 50.7. The highest BCUT2D eigenvalue weighted by Crippen LogP contribution is 2.67. The second kappa shape index (κ2) is 23.1. The van der Waals surface area contributed by atoms with Gasteiger partial charge in [0.2, 0.25) is 0 Å². The molecule has 5 aliphatic rings. The van der Waals surface area contributed by atoms with Gasteiger partial charge in [0.25, 0.3) is 5.69 Å². The first-order chi connectivity index (χ1) is 34.0. The van der Waals surface area contributed by atoms with Crippen LogP contribution in [-0.2, 0) is 54.8 Å². The van der Waals surface area contributed by atoms with Gasteiger partial charge in [-0.05, 0) is 120 Å². The van der Waals surface area contributed by atoms with Crippen LogP contribution in [-0.4, -0.2) is 48.3 Å². The fourth-order valence-electron chi connectivity index (χ4n) is 14.0. The lowest BCUT2D eigenvalue weighted by Crippen LogP contribution is -2.62. The Morgan fingerprint density at radius 3 is 1.99 bits per heavy atom. The molecule has 4 fully saturated rings. The average molecular weight is 954 g/mol. The van der Waals surface area contributed by atoms with Gasteiger partial charge < -0.3 is 28.4 Å². The van der Waals surface area contributed by atoms with Crippen molar-refractivity contribution in [3.05, 3.63) is 159 Å². The van der Waals surface area contributed by atoms with Gasteiger partial charge in [-0.25, -0.2) is 0 Å². The zero-order valence-electron chi connectivity index (χ0n) is 42.5. The molecule has 0 bridgehead atoms. The van der Waals surface area contributed by atoms with Crippen LogP contribution in [0.1, 0.15) is 128 Å². The van der Waals surface area contributed by atoms with Gasteiger partial charge in [-0.2, -0.15) is 0 Å². The average Bonchev–Trinajstić information content (AvgIpc) is 3.73. The summed E-state index contributed by atoms with van der Waals surface area (Å²) >= 11 is 0. The van der Waals surface area contributed by atoms with Crippen LogP contribution in [0.15, 0.2) is 127 Å². The van der Waals surface area contributed by atoms with Crippen LogP contribution >= 0.6 is 0 Å². The molecule has 0 aromatic heterocycles. The van der Waals surface area contributed by atoms with E-state index >= 15 is 0 Å². The third-order valence-corrected chi connectivity index (χ3v) is 17.8. The Kier molecular flexibility index (Phi) is 16.7. The standard InChI is InChI=1S/C61H79NO8/c1-42(2)18-17-19-43(3)51-30-31-52-50-29-28-48-36-49(32-34-60(48,4)53(50)33-35-61(51,52)5)69-59-58(68-40-47-26-15-16-27-54(47)62(63)64)57(67-39-46-24-13-8-14-25-46)56(66-38-45-22-11-7-12-23-45)55(70-59)41-65-37-44-20-9-6-10-21-44/h6-16,20-28,42-43,49-53,55-59H,17-19,29-41H2,1-5H3/t43-,49+,50+,51-,52+,53+,55-,56-,57+,58-,59-,60+,61-/m1/s1. The molecule has 0 spiro atoms. The third-order valence-electron chi connectivity index (χ3n) is 17.8. The van der Waals surface area contributed by atoms with Gasteiger partial charge in [-0.3, -0.25) is 10.1 Å². The number of allylic oxidation sites excluding steroid dienone is 1. The van der Waals surface area contributed by atoms with Crippen LogP contribution in [0.5, 0.6) is 0 Å². The van der Waals surface area contributed by atoms with Crippen LogP contribution in [0.3, 0.4) is 0 Å². The lowest BCUT2D eigenvalue weighted by atomic mass is 9.47. The predicted octanol–water partition coefficient (Wildman–Crippen LogP) is 14.0. The molecule has 4 aromatic rings. The second-order valence-corrected chi connectivity index (χ2v) is 22.5. The maximum absolute atomic E-state index is 12.3. The molecule has 9 heteroatoms. The molecule has 1 saturated heterocycles. The maximum Gasteiger partial charge on any atom is 0.274 e. The van der Waals surface area contributed by atoms with Crippen molar-refractivity contribution in [3.8, 4) is 0 Å². The van der Waals surface area contributed by atoms with Crippen molar-refractivity contribution in [3.63, 3.8) is 0 Å². The summed E-state index contributed by atoms with van der Waals surface area (Å²) in [5.41, 5.74) is 5.68. The number of rotatable bonds is 21. The zero-order valence-corrected chi connectivity index (χ0v) is 42.5. The van der Waals surface area contributed by atoms with Gasteiger partial charge in [0.05, 0.1) is 49.6 Å². The quantitative estimate of drug-likeness (QED) is 0.0463. The maximum atomic E-state index is 12.3. The van der Waals surface area contributed by atoms with Crippen molar-refractivity contribution in [2.45, 2.75) is 168 Å². The Hall–Kier alpha value is -4.22. The highest BCUT2D eigenvalue weighted by Gasteiger charge is 2.59. The summed E-state index contributed by atoms with van der Waals surface area (Å²) in [4.78, 5) is 11.9. The molecule has 9 nitrogen and oxygen atoms in total. The third kappa shape index (κ3) is 11.5. The summed E-state index contributed by atoms with van der Waals surface area (Å²) < 4.78 is 41.7. The molecule has 376 valence electrons. The largest absolute Gasteiger partial charge is 0.374 e. The highest BCUT2D eigenvalue weighted by molar-refractivity contribution is 5.39. The van der Waals surface area contributed by atoms with E-state index in [4.69, 9.17) is 28.4 Å². The van der Waals surface area contributed by atoms with Gasteiger partial charge in [0.15, 0.2) is 6.29 Å². The van der Waals surface area contributed by atoms with E-state index in [0.717, 1.165) is 72.0 Å². The molecular formula is C61H79NO8. The molecule has 0 unspecified atom stereocenters. The molecule has 3 saturated carbocycles. The number of para-hydroxylation sites is 1. The Bertz CT molecular complexity index is 2310. The van der Waals surface area contributed by atoms with Gasteiger partial charge >= 0.3 is 0 Å². The topological polar surface area (TPSA) is 98.5 Å². The number of nitro groups is 1. The fraction of sp³-hybridized carbons (Fsp3) is 0.574. The number of fused-ring (bicyclic) bond motifs is 5. The van der Waals surface area contributed by atoms with E-state index in [0.29, 0.717) is 36.7 Å². The summed E-state index contributed by atoms with van der Waals surface area (Å²) in [6.07, 6.45) is 12.4. The summed E-state index contributed by atoms with van der Waals surface area (Å²) in [7, 11) is 0. The smallest absolute Gasteiger partial charge is 0.274 e. The Morgan fingerprint density at radius 2 is 1.31 bits per heavy atom. The van der Waals surface area contributed by atoms with E-state index in [2.05, 4.69) is 52.8 Å². The van der Waals surface area contributed by atoms with Gasteiger partial charge in [0, 0.05) is 6.07 Å². The van der Waals surface area contributed by atoms with Crippen LogP contribution < -0.4 is 0 Å². The van der Waals surface area contributed by atoms with E-state index < -0.39 is 30.7 Å². The first-order valence-corrected chi connectivity index (χ1v) is 26.8. The van der Waals surface area contributed by atoms with Crippen molar-refractivity contribution >= 4 is 5.69 Å². The Morgan fingerprint density at radius 1 is 0.686 bits per heavy atom. The second-order valence-electron chi connectivity index (χ2n) is 22.5. The van der Waals surface area contributed by atoms with Gasteiger partial charge in [-0.1, -0.05) is 169 Å². The number of hydrogen-bond donors (Lipinski definition) is 0. The van der Waals surface area contributed by atoms with Crippen molar-refractivity contribution in [1.82, 2.24) is 0 Å². The molecule has 13 atom stereocenters. The molecule has 4 aliphatic carbocycles. The van der Waals surface area contributed by atoms with Gasteiger partial charge in [-0.15, -0.1) is 0 Å². The van der Waals surface area contributed by atoms with Crippen LogP contribution in [0.2, 0.25) is 0 Å². The molecule has 70 heavy (non-hydrogen) atoms. The molecular weight excluding hydrogens is 875 g/mol. The molecule has 1 aliphatic heterocycles. The molecule has 0 amide bonds. The summed E-state index contributed by atoms with van der Waals surface area (Å²) in [6.45, 7) is 13.8. The summed E-state index contributed by atoms with van der Waals surface area (Å²) in [5, 5.41) is 12.3. The van der Waals surface area contributed by atoms with Crippen molar-refractivity contribution < 1.29 is 33.3 Å². The Balaban J connectivity index is 0.986. The normalized spacial score (nSPS) is 32.1. The van der Waals surface area contributed by atoms with Gasteiger partial charge in [0.1, 0.15) is 24.4 Å². The predicted molar refractivity (Wildman–Crippen MR) is 274 cm³/mol. The van der Waals surface area contributed by atoms with Crippen molar-refractivity contribution in [2.24, 2.45) is 46.3 Å². The monoisotopic (exact) mass is 954 g/mol. The number of nitro benzene ring substituents is 1. The molecule has 4 aromatic carbocycles. The minimum absolute atomic E-state index is 0.00363. The van der Waals surface area contributed by atoms with Crippen molar-refractivity contribution in [1.29, 1.82) is 0 Å². The van der Waals surface area contributed by atoms with E-state index in [1.807, 2.05) is 78.9 Å². The van der Waals surface area contributed by atoms with Crippen molar-refractivity contribution in [2.75, 3.05) is 6.61 Å². The number of benzene rings is 4. The van der Waals surface area contributed by atoms with E-state index in [9.17, 15) is 10.1 Å². The zero-order chi connectivity index (χ0) is 48.7. The Labute approximate surface area is 418 Å². The lowest BCUT2D eigenvalue weighted by molar-refractivity contribution is -0.386. The van der Waals surface area contributed by atoms with Crippen LogP contribution in [0.25, 0.3) is 0 Å².